The van der Waals surface area contributed by atoms with Crippen LogP contribution in [0.5, 0.6) is 5.75 Å². The van der Waals surface area contributed by atoms with Gasteiger partial charge in [0.2, 0.25) is 10.0 Å². The Balaban J connectivity index is 1.68. The van der Waals surface area contributed by atoms with Crippen LogP contribution in [-0.2, 0) is 10.0 Å². The van der Waals surface area contributed by atoms with E-state index < -0.39 is 10.0 Å². The zero-order chi connectivity index (χ0) is 20.3. The summed E-state index contributed by atoms with van der Waals surface area (Å²) in [7, 11) is -1.80. The van der Waals surface area contributed by atoms with Crippen molar-refractivity contribution >= 4 is 38.9 Å². The number of benzene rings is 2. The standard InChI is InChI=1S/C19H22ClN3O4S/c1-27-16-6-4-15(5-7-16)22-9-11-23(12-10-22)19(24)17-13-14(3-8-18(17)20)21-28(2,25)26/h3-8,13,21H,9-12H2,1-2H3. The number of anilines is 2. The smallest absolute Gasteiger partial charge is 0.255 e. The second-order valence-electron chi connectivity index (χ2n) is 6.55. The fraction of sp³-hybridized carbons (Fsp3) is 0.316. The molecule has 0 radical (unpaired) electrons. The van der Waals surface area contributed by atoms with Crippen LogP contribution in [0.4, 0.5) is 11.4 Å². The van der Waals surface area contributed by atoms with E-state index in [-0.39, 0.29) is 11.5 Å². The summed E-state index contributed by atoms with van der Waals surface area (Å²) in [5, 5.41) is 0.293. The van der Waals surface area contributed by atoms with Crippen LogP contribution in [0.15, 0.2) is 42.5 Å². The van der Waals surface area contributed by atoms with E-state index in [1.54, 1.807) is 12.0 Å². The Hall–Kier alpha value is -2.45. The lowest BCUT2D eigenvalue weighted by atomic mass is 10.1. The number of rotatable bonds is 5. The van der Waals surface area contributed by atoms with Crippen LogP contribution in [-0.4, -0.2) is 58.8 Å². The van der Waals surface area contributed by atoms with Gasteiger partial charge in [0.05, 0.1) is 24.0 Å². The van der Waals surface area contributed by atoms with Gasteiger partial charge in [-0.25, -0.2) is 8.42 Å². The van der Waals surface area contributed by atoms with E-state index >= 15 is 0 Å². The fourth-order valence-electron chi connectivity index (χ4n) is 3.10. The van der Waals surface area contributed by atoms with Gasteiger partial charge in [0, 0.05) is 37.6 Å². The minimum absolute atomic E-state index is 0.212. The second-order valence-corrected chi connectivity index (χ2v) is 8.70. The number of halogens is 1. The molecule has 1 fully saturated rings. The van der Waals surface area contributed by atoms with Gasteiger partial charge >= 0.3 is 0 Å². The molecule has 0 atom stereocenters. The maximum absolute atomic E-state index is 12.9. The van der Waals surface area contributed by atoms with Crippen molar-refractivity contribution in [3.63, 3.8) is 0 Å². The van der Waals surface area contributed by atoms with Crippen molar-refractivity contribution in [2.24, 2.45) is 0 Å². The topological polar surface area (TPSA) is 79.0 Å². The predicted octanol–water partition coefficient (Wildman–Crippen LogP) is 2.68. The fourth-order valence-corrected chi connectivity index (χ4v) is 3.85. The second kappa shape index (κ2) is 8.28. The molecule has 0 spiro atoms. The molecule has 1 N–H and O–H groups in total. The van der Waals surface area contributed by atoms with Crippen molar-refractivity contribution in [1.82, 2.24) is 4.90 Å². The summed E-state index contributed by atoms with van der Waals surface area (Å²) < 4.78 is 30.4. The van der Waals surface area contributed by atoms with Gasteiger partial charge in [-0.15, -0.1) is 0 Å². The van der Waals surface area contributed by atoms with Crippen molar-refractivity contribution in [2.45, 2.75) is 0 Å². The Morgan fingerprint density at radius 1 is 1.07 bits per heavy atom. The molecule has 0 aromatic heterocycles. The molecule has 9 heteroatoms. The molecule has 1 aliphatic heterocycles. The first-order valence-corrected chi connectivity index (χ1v) is 11.0. The molecule has 28 heavy (non-hydrogen) atoms. The summed E-state index contributed by atoms with van der Waals surface area (Å²) in [4.78, 5) is 16.8. The lowest BCUT2D eigenvalue weighted by Crippen LogP contribution is -2.48. The molecule has 1 saturated heterocycles. The van der Waals surface area contributed by atoms with E-state index in [0.29, 0.717) is 36.9 Å². The molecule has 1 amide bonds. The number of sulfonamides is 1. The quantitative estimate of drug-likeness (QED) is 0.799. The molecule has 3 rings (SSSR count). The molecule has 2 aromatic rings. The van der Waals surface area contributed by atoms with Crippen LogP contribution in [0.3, 0.4) is 0 Å². The van der Waals surface area contributed by atoms with E-state index in [1.807, 2.05) is 24.3 Å². The zero-order valence-electron chi connectivity index (χ0n) is 15.7. The van der Waals surface area contributed by atoms with E-state index in [9.17, 15) is 13.2 Å². The number of amides is 1. The zero-order valence-corrected chi connectivity index (χ0v) is 17.3. The van der Waals surface area contributed by atoms with E-state index in [0.717, 1.165) is 17.7 Å². The summed E-state index contributed by atoms with van der Waals surface area (Å²) in [6.07, 6.45) is 1.06. The van der Waals surface area contributed by atoms with E-state index in [2.05, 4.69) is 9.62 Å². The van der Waals surface area contributed by atoms with Gasteiger partial charge in [0.1, 0.15) is 5.75 Å². The number of piperazine rings is 1. The monoisotopic (exact) mass is 423 g/mol. The molecular weight excluding hydrogens is 402 g/mol. The van der Waals surface area contributed by atoms with Crippen LogP contribution in [0.25, 0.3) is 0 Å². The van der Waals surface area contributed by atoms with Gasteiger partial charge in [-0.3, -0.25) is 9.52 Å². The summed E-state index contributed by atoms with van der Waals surface area (Å²) in [5.74, 6) is 0.589. The first kappa shape index (κ1) is 20.3. The largest absolute Gasteiger partial charge is 0.497 e. The summed E-state index contributed by atoms with van der Waals surface area (Å²) >= 11 is 6.19. The minimum atomic E-state index is -3.43. The van der Waals surface area contributed by atoms with Crippen LogP contribution >= 0.6 is 11.6 Å². The van der Waals surface area contributed by atoms with Crippen molar-refractivity contribution in [2.75, 3.05) is 49.2 Å². The van der Waals surface area contributed by atoms with Gasteiger partial charge in [-0.05, 0) is 42.5 Å². The number of nitrogens with zero attached hydrogens (tertiary/aromatic N) is 2. The Morgan fingerprint density at radius 2 is 1.71 bits per heavy atom. The molecule has 7 nitrogen and oxygen atoms in total. The van der Waals surface area contributed by atoms with Crippen molar-refractivity contribution in [3.05, 3.63) is 53.1 Å². The van der Waals surface area contributed by atoms with Crippen LogP contribution in [0.2, 0.25) is 5.02 Å². The molecule has 150 valence electrons. The van der Waals surface area contributed by atoms with Gasteiger partial charge in [0.25, 0.3) is 5.91 Å². The highest BCUT2D eigenvalue weighted by molar-refractivity contribution is 7.92. The predicted molar refractivity (Wildman–Crippen MR) is 111 cm³/mol. The minimum Gasteiger partial charge on any atom is -0.497 e. The Kier molecular flexibility index (Phi) is 6.00. The number of nitrogens with one attached hydrogen (secondary N) is 1. The molecule has 0 unspecified atom stereocenters. The molecule has 0 aliphatic carbocycles. The van der Waals surface area contributed by atoms with Gasteiger partial charge < -0.3 is 14.5 Å². The lowest BCUT2D eigenvalue weighted by Gasteiger charge is -2.36. The Morgan fingerprint density at radius 3 is 2.29 bits per heavy atom. The summed E-state index contributed by atoms with van der Waals surface area (Å²) in [6, 6.07) is 12.3. The SMILES string of the molecule is COc1ccc(N2CCN(C(=O)c3cc(NS(C)(=O)=O)ccc3Cl)CC2)cc1. The third-order valence-electron chi connectivity index (χ3n) is 4.50. The van der Waals surface area contributed by atoms with Crippen molar-refractivity contribution in [1.29, 1.82) is 0 Å². The van der Waals surface area contributed by atoms with Crippen LogP contribution in [0, 0.1) is 0 Å². The highest BCUT2D eigenvalue weighted by atomic mass is 35.5. The molecular formula is C19H22ClN3O4S. The molecule has 0 saturated carbocycles. The van der Waals surface area contributed by atoms with E-state index in [4.69, 9.17) is 16.3 Å². The first-order chi connectivity index (χ1) is 13.3. The van der Waals surface area contributed by atoms with Crippen LogP contribution < -0.4 is 14.4 Å². The number of carbonyl (C=O) groups is 1. The third-order valence-corrected chi connectivity index (χ3v) is 5.44. The molecule has 1 aliphatic rings. The first-order valence-electron chi connectivity index (χ1n) is 8.72. The lowest BCUT2D eigenvalue weighted by molar-refractivity contribution is 0.0747. The van der Waals surface area contributed by atoms with Gasteiger partial charge in [0.15, 0.2) is 0 Å². The highest BCUT2D eigenvalue weighted by Crippen LogP contribution is 2.25. The van der Waals surface area contributed by atoms with Crippen LogP contribution in [0.1, 0.15) is 10.4 Å². The average Bonchev–Trinajstić information content (AvgIpc) is 2.68. The number of hydrogen-bond donors (Lipinski definition) is 1. The summed E-state index contributed by atoms with van der Waals surface area (Å²) in [6.45, 7) is 2.48. The number of ether oxygens (including phenoxy) is 1. The molecule has 0 bridgehead atoms. The molecule has 2 aromatic carbocycles. The van der Waals surface area contributed by atoms with Crippen molar-refractivity contribution < 1.29 is 17.9 Å². The summed E-state index contributed by atoms with van der Waals surface area (Å²) in [5.41, 5.74) is 1.67. The van der Waals surface area contributed by atoms with Crippen molar-refractivity contribution in [3.8, 4) is 5.75 Å². The van der Waals surface area contributed by atoms with E-state index in [1.165, 1.54) is 18.2 Å². The third kappa shape index (κ3) is 4.88. The maximum atomic E-state index is 12.9. The number of methoxy groups -OCH3 is 1. The van der Waals surface area contributed by atoms with Gasteiger partial charge in [-0.1, -0.05) is 11.6 Å². The number of hydrogen-bond acceptors (Lipinski definition) is 5. The maximum Gasteiger partial charge on any atom is 0.255 e. The molecule has 1 heterocycles. The highest BCUT2D eigenvalue weighted by Gasteiger charge is 2.24. The Labute approximate surface area is 169 Å². The average molecular weight is 424 g/mol. The van der Waals surface area contributed by atoms with Gasteiger partial charge in [-0.2, -0.15) is 0 Å². The normalized spacial score (nSPS) is 14.7. The number of carbonyl (C=O) groups excluding carboxylic acids is 1. The Bertz CT molecular complexity index is 956.